The van der Waals surface area contributed by atoms with Gasteiger partial charge in [-0.1, -0.05) is 18.2 Å². The highest BCUT2D eigenvalue weighted by atomic mass is 16.5. The Morgan fingerprint density at radius 1 is 1.00 bits per heavy atom. The van der Waals surface area contributed by atoms with Crippen molar-refractivity contribution in [2.24, 2.45) is 0 Å². The number of rotatable bonds is 8. The van der Waals surface area contributed by atoms with Crippen LogP contribution in [0.5, 0.6) is 11.5 Å². The minimum Gasteiger partial charge on any atom is -0.496 e. The van der Waals surface area contributed by atoms with Crippen LogP contribution in [0.2, 0.25) is 0 Å². The van der Waals surface area contributed by atoms with Gasteiger partial charge in [-0.15, -0.1) is 0 Å². The molecular formula is C23H24N2O5. The first-order valence-electron chi connectivity index (χ1n) is 9.41. The molecule has 0 atom stereocenters. The van der Waals surface area contributed by atoms with Crippen LogP contribution in [0.3, 0.4) is 0 Å². The van der Waals surface area contributed by atoms with E-state index < -0.39 is 0 Å². The smallest absolute Gasteiger partial charge is 0.255 e. The molecule has 156 valence electrons. The van der Waals surface area contributed by atoms with Crippen molar-refractivity contribution >= 4 is 17.5 Å². The molecule has 1 aromatic heterocycles. The van der Waals surface area contributed by atoms with E-state index in [-0.39, 0.29) is 24.9 Å². The lowest BCUT2D eigenvalue weighted by Crippen LogP contribution is -2.37. The van der Waals surface area contributed by atoms with E-state index in [0.717, 1.165) is 5.56 Å². The summed E-state index contributed by atoms with van der Waals surface area (Å²) in [6, 6.07) is 15.9. The molecule has 0 bridgehead atoms. The van der Waals surface area contributed by atoms with Gasteiger partial charge >= 0.3 is 0 Å². The molecule has 7 nitrogen and oxygen atoms in total. The highest BCUT2D eigenvalue weighted by Crippen LogP contribution is 2.30. The van der Waals surface area contributed by atoms with Gasteiger partial charge in [0.25, 0.3) is 5.91 Å². The summed E-state index contributed by atoms with van der Waals surface area (Å²) in [4.78, 5) is 27.3. The van der Waals surface area contributed by atoms with E-state index in [4.69, 9.17) is 13.9 Å². The molecule has 0 fully saturated rings. The average Bonchev–Trinajstić information content (AvgIpc) is 3.26. The number of nitrogens with one attached hydrogen (secondary N) is 1. The van der Waals surface area contributed by atoms with Crippen LogP contribution in [0, 0.1) is 6.92 Å². The van der Waals surface area contributed by atoms with Crippen LogP contribution in [-0.4, -0.2) is 37.5 Å². The molecule has 3 rings (SSSR count). The number of carbonyl (C=O) groups excluding carboxylic acids is 2. The molecule has 0 radical (unpaired) electrons. The topological polar surface area (TPSA) is 81.0 Å². The van der Waals surface area contributed by atoms with E-state index in [2.05, 4.69) is 5.32 Å². The lowest BCUT2D eigenvalue weighted by molar-refractivity contribution is -0.117. The monoisotopic (exact) mass is 408 g/mol. The Morgan fingerprint density at radius 2 is 1.67 bits per heavy atom. The Bertz CT molecular complexity index is 975. The number of nitrogens with zero attached hydrogens (tertiary/aromatic N) is 1. The molecule has 1 heterocycles. The fraction of sp³-hybridized carbons (Fsp3) is 0.217. The largest absolute Gasteiger partial charge is 0.496 e. The van der Waals surface area contributed by atoms with Gasteiger partial charge < -0.3 is 24.1 Å². The van der Waals surface area contributed by atoms with Crippen molar-refractivity contribution in [2.75, 3.05) is 26.1 Å². The van der Waals surface area contributed by atoms with E-state index in [9.17, 15) is 9.59 Å². The fourth-order valence-corrected chi connectivity index (χ4v) is 3.08. The molecule has 2 amide bonds. The quantitative estimate of drug-likeness (QED) is 0.612. The highest BCUT2D eigenvalue weighted by Gasteiger charge is 2.23. The van der Waals surface area contributed by atoms with E-state index in [1.807, 2.05) is 25.1 Å². The van der Waals surface area contributed by atoms with Gasteiger partial charge in [0, 0.05) is 16.8 Å². The molecular weight excluding hydrogens is 384 g/mol. The normalized spacial score (nSPS) is 10.4. The third-order valence-electron chi connectivity index (χ3n) is 4.61. The number of furan rings is 1. The van der Waals surface area contributed by atoms with Crippen molar-refractivity contribution < 1.29 is 23.5 Å². The first-order chi connectivity index (χ1) is 14.5. The predicted molar refractivity (Wildman–Crippen MR) is 113 cm³/mol. The molecule has 0 spiro atoms. The van der Waals surface area contributed by atoms with Crippen LogP contribution in [0.25, 0.3) is 0 Å². The Labute approximate surface area is 175 Å². The van der Waals surface area contributed by atoms with Crippen LogP contribution in [0.15, 0.2) is 65.3 Å². The van der Waals surface area contributed by atoms with E-state index in [0.29, 0.717) is 28.5 Å². The molecule has 2 aromatic carbocycles. The van der Waals surface area contributed by atoms with Gasteiger partial charge in [0.15, 0.2) is 0 Å². The number of carbonyl (C=O) groups is 2. The standard InChI is InChI=1S/C23H24N2O5/c1-16-20(28-2)12-17(13-21(16)29-3)23(27)25(14-19-10-7-11-30-19)15-22(26)24-18-8-5-4-6-9-18/h4-13H,14-15H2,1-3H3,(H,24,26). The Morgan fingerprint density at radius 3 is 2.23 bits per heavy atom. The summed E-state index contributed by atoms with van der Waals surface area (Å²) in [6.07, 6.45) is 1.53. The number of para-hydroxylation sites is 1. The van der Waals surface area contributed by atoms with Crippen LogP contribution >= 0.6 is 0 Å². The minimum absolute atomic E-state index is 0.145. The molecule has 0 saturated heterocycles. The van der Waals surface area contributed by atoms with Gasteiger partial charge in [-0.2, -0.15) is 0 Å². The van der Waals surface area contributed by atoms with Crippen LogP contribution in [0.1, 0.15) is 21.7 Å². The van der Waals surface area contributed by atoms with E-state index in [1.54, 1.807) is 36.4 Å². The second-order valence-corrected chi connectivity index (χ2v) is 6.66. The summed E-state index contributed by atoms with van der Waals surface area (Å²) in [6.45, 7) is 1.85. The lowest BCUT2D eigenvalue weighted by Gasteiger charge is -2.22. The van der Waals surface area contributed by atoms with Gasteiger partial charge in [-0.25, -0.2) is 0 Å². The van der Waals surface area contributed by atoms with Crippen molar-refractivity contribution in [1.82, 2.24) is 4.90 Å². The highest BCUT2D eigenvalue weighted by molar-refractivity contribution is 6.00. The van der Waals surface area contributed by atoms with Crippen LogP contribution < -0.4 is 14.8 Å². The zero-order valence-electron chi connectivity index (χ0n) is 17.2. The molecule has 7 heteroatoms. The van der Waals surface area contributed by atoms with E-state index in [1.165, 1.54) is 25.4 Å². The number of hydrogen-bond donors (Lipinski definition) is 1. The van der Waals surface area contributed by atoms with Gasteiger partial charge in [0.05, 0.1) is 27.0 Å². The zero-order chi connectivity index (χ0) is 21.5. The third-order valence-corrected chi connectivity index (χ3v) is 4.61. The lowest BCUT2D eigenvalue weighted by atomic mass is 10.1. The summed E-state index contributed by atoms with van der Waals surface area (Å²) in [7, 11) is 3.06. The predicted octanol–water partition coefficient (Wildman–Crippen LogP) is 3.89. The third kappa shape index (κ3) is 5.00. The van der Waals surface area contributed by atoms with Crippen molar-refractivity contribution in [1.29, 1.82) is 0 Å². The van der Waals surface area contributed by atoms with Crippen LogP contribution in [-0.2, 0) is 11.3 Å². The maximum atomic E-state index is 13.3. The number of anilines is 1. The first kappa shape index (κ1) is 21.0. The second kappa shape index (κ2) is 9.65. The van der Waals surface area contributed by atoms with Crippen molar-refractivity contribution in [3.63, 3.8) is 0 Å². The van der Waals surface area contributed by atoms with Crippen LogP contribution in [0.4, 0.5) is 5.69 Å². The summed E-state index contributed by atoms with van der Waals surface area (Å²) in [5, 5.41) is 2.80. The molecule has 1 N–H and O–H groups in total. The maximum absolute atomic E-state index is 13.3. The zero-order valence-corrected chi connectivity index (χ0v) is 17.2. The molecule has 0 aliphatic heterocycles. The Kier molecular flexibility index (Phi) is 6.75. The fourth-order valence-electron chi connectivity index (χ4n) is 3.08. The first-order valence-corrected chi connectivity index (χ1v) is 9.41. The molecule has 0 saturated carbocycles. The summed E-state index contributed by atoms with van der Waals surface area (Å²) in [5.41, 5.74) is 1.80. The SMILES string of the molecule is COc1cc(C(=O)N(CC(=O)Nc2ccccc2)Cc2ccco2)cc(OC)c1C. The summed E-state index contributed by atoms with van der Waals surface area (Å²) in [5.74, 6) is 0.981. The number of hydrogen-bond acceptors (Lipinski definition) is 5. The number of ether oxygens (including phenoxy) is 2. The van der Waals surface area contributed by atoms with Gasteiger partial charge in [0.1, 0.15) is 23.8 Å². The van der Waals surface area contributed by atoms with Crippen molar-refractivity contribution in [3.8, 4) is 11.5 Å². The summed E-state index contributed by atoms with van der Waals surface area (Å²) >= 11 is 0. The number of methoxy groups -OCH3 is 2. The number of amides is 2. The summed E-state index contributed by atoms with van der Waals surface area (Å²) < 4.78 is 16.1. The van der Waals surface area contributed by atoms with Gasteiger partial charge in [-0.05, 0) is 43.3 Å². The van der Waals surface area contributed by atoms with Crippen molar-refractivity contribution in [3.05, 3.63) is 77.7 Å². The van der Waals surface area contributed by atoms with Gasteiger partial charge in [0.2, 0.25) is 5.91 Å². The molecule has 30 heavy (non-hydrogen) atoms. The maximum Gasteiger partial charge on any atom is 0.255 e. The Balaban J connectivity index is 1.86. The van der Waals surface area contributed by atoms with Crippen molar-refractivity contribution in [2.45, 2.75) is 13.5 Å². The van der Waals surface area contributed by atoms with E-state index >= 15 is 0 Å². The Hall–Kier alpha value is -3.74. The second-order valence-electron chi connectivity index (χ2n) is 6.66. The minimum atomic E-state index is -0.341. The van der Waals surface area contributed by atoms with Gasteiger partial charge in [-0.3, -0.25) is 9.59 Å². The molecule has 0 aliphatic rings. The number of benzene rings is 2. The molecule has 3 aromatic rings. The average molecular weight is 408 g/mol. The molecule has 0 aliphatic carbocycles. The molecule has 0 unspecified atom stereocenters.